The zero-order chi connectivity index (χ0) is 9.44. The number of carboxylic acids is 1. The molecule has 0 aliphatic rings. The van der Waals surface area contributed by atoms with Crippen molar-refractivity contribution in [3.63, 3.8) is 0 Å². The maximum absolute atomic E-state index is 9.00. The van der Waals surface area contributed by atoms with Crippen molar-refractivity contribution in [1.29, 1.82) is 0 Å². The molecule has 0 heterocycles. The first-order valence-corrected chi connectivity index (χ1v) is 3.71. The number of carbonyl (C=O) groups is 1. The molecular formula is C8H18O3. The summed E-state index contributed by atoms with van der Waals surface area (Å²) in [5.41, 5.74) is 0. The lowest BCUT2D eigenvalue weighted by Gasteiger charge is -2.09. The van der Waals surface area contributed by atoms with Crippen LogP contribution < -0.4 is 0 Å². The summed E-state index contributed by atoms with van der Waals surface area (Å²) in [6.07, 6.45) is 0.750. The predicted molar refractivity (Wildman–Crippen MR) is 44.7 cm³/mol. The third kappa shape index (κ3) is 44.2. The van der Waals surface area contributed by atoms with Crippen LogP contribution in [0.4, 0.5) is 0 Å². The van der Waals surface area contributed by atoms with Gasteiger partial charge in [0.15, 0.2) is 0 Å². The summed E-state index contributed by atoms with van der Waals surface area (Å²) in [5, 5.41) is 7.42. The predicted octanol–water partition coefficient (Wildman–Crippen LogP) is 1.91. The number of carboxylic acid groups (broad SMARTS) is 1. The van der Waals surface area contributed by atoms with Crippen molar-refractivity contribution >= 4 is 5.97 Å². The van der Waals surface area contributed by atoms with Crippen molar-refractivity contribution < 1.29 is 14.6 Å². The third-order valence-corrected chi connectivity index (χ3v) is 0.544. The van der Waals surface area contributed by atoms with Gasteiger partial charge in [-0.05, 0) is 27.7 Å². The Morgan fingerprint density at radius 3 is 1.36 bits per heavy atom. The van der Waals surface area contributed by atoms with E-state index in [0.717, 1.165) is 6.92 Å². The van der Waals surface area contributed by atoms with E-state index in [-0.39, 0.29) is 0 Å². The normalized spacial score (nSPS) is 9.36. The Kier molecular flexibility index (Phi) is 8.94. The minimum atomic E-state index is -0.833. The molecule has 11 heavy (non-hydrogen) atoms. The van der Waals surface area contributed by atoms with E-state index in [0.29, 0.717) is 12.2 Å². The van der Waals surface area contributed by atoms with Crippen molar-refractivity contribution in [2.24, 2.45) is 0 Å². The van der Waals surface area contributed by atoms with Gasteiger partial charge in [-0.2, -0.15) is 0 Å². The molecule has 0 amide bonds. The lowest BCUT2D eigenvalue weighted by molar-refractivity contribution is -0.134. The molecule has 0 atom stereocenters. The van der Waals surface area contributed by atoms with Gasteiger partial charge in [-0.15, -0.1) is 0 Å². The highest BCUT2D eigenvalue weighted by Gasteiger charge is 1.94. The third-order valence-electron chi connectivity index (χ3n) is 0.544. The fourth-order valence-electron chi connectivity index (χ4n) is 0.544. The topological polar surface area (TPSA) is 46.5 Å². The van der Waals surface area contributed by atoms with Crippen LogP contribution in [-0.2, 0) is 9.53 Å². The van der Waals surface area contributed by atoms with E-state index in [1.54, 1.807) is 0 Å². The smallest absolute Gasteiger partial charge is 0.300 e. The molecule has 0 aromatic carbocycles. The summed E-state index contributed by atoms with van der Waals surface area (Å²) in [7, 11) is 0. The van der Waals surface area contributed by atoms with E-state index in [4.69, 9.17) is 14.6 Å². The van der Waals surface area contributed by atoms with Gasteiger partial charge in [0.05, 0.1) is 12.2 Å². The summed E-state index contributed by atoms with van der Waals surface area (Å²) in [4.78, 5) is 9.00. The van der Waals surface area contributed by atoms with Crippen LogP contribution in [0.25, 0.3) is 0 Å². The van der Waals surface area contributed by atoms with Crippen LogP contribution in [0.3, 0.4) is 0 Å². The molecule has 0 bridgehead atoms. The summed E-state index contributed by atoms with van der Waals surface area (Å²) in [5.74, 6) is -0.833. The van der Waals surface area contributed by atoms with Gasteiger partial charge in [0.1, 0.15) is 0 Å². The van der Waals surface area contributed by atoms with Crippen LogP contribution in [0.15, 0.2) is 0 Å². The van der Waals surface area contributed by atoms with Gasteiger partial charge in [0, 0.05) is 6.92 Å². The molecule has 0 spiro atoms. The molecule has 3 heteroatoms. The van der Waals surface area contributed by atoms with E-state index in [2.05, 4.69) is 0 Å². The van der Waals surface area contributed by atoms with Gasteiger partial charge in [-0.25, -0.2) is 0 Å². The minimum Gasteiger partial charge on any atom is -0.481 e. The quantitative estimate of drug-likeness (QED) is 0.674. The Hall–Kier alpha value is -0.570. The standard InChI is InChI=1S/C6H14O.C2H4O2/c1-5(2)7-6(3)4;1-2(3)4/h5-6H,1-4H3;1H3,(H,3,4). The highest BCUT2D eigenvalue weighted by Crippen LogP contribution is 1.93. The minimum absolute atomic E-state index is 0.375. The number of hydrogen-bond acceptors (Lipinski definition) is 2. The Morgan fingerprint density at radius 1 is 1.18 bits per heavy atom. The molecule has 0 aliphatic carbocycles. The maximum Gasteiger partial charge on any atom is 0.300 e. The molecule has 0 fully saturated rings. The summed E-state index contributed by atoms with van der Waals surface area (Å²) in [6, 6.07) is 0. The second-order valence-electron chi connectivity index (χ2n) is 2.75. The second kappa shape index (κ2) is 7.54. The molecule has 68 valence electrons. The Balaban J connectivity index is 0. The highest BCUT2D eigenvalue weighted by molar-refractivity contribution is 5.62. The molecule has 0 aromatic rings. The van der Waals surface area contributed by atoms with Crippen LogP contribution in [0.2, 0.25) is 0 Å². The molecule has 0 saturated carbocycles. The molecule has 0 aromatic heterocycles. The Labute approximate surface area is 68.4 Å². The fourth-order valence-corrected chi connectivity index (χ4v) is 0.544. The maximum atomic E-state index is 9.00. The second-order valence-corrected chi connectivity index (χ2v) is 2.75. The molecule has 0 aliphatic heterocycles. The van der Waals surface area contributed by atoms with E-state index >= 15 is 0 Å². The first-order chi connectivity index (χ1) is 4.86. The average molecular weight is 162 g/mol. The molecule has 1 N–H and O–H groups in total. The highest BCUT2D eigenvalue weighted by atomic mass is 16.5. The van der Waals surface area contributed by atoms with Crippen molar-refractivity contribution in [1.82, 2.24) is 0 Å². The van der Waals surface area contributed by atoms with E-state index in [9.17, 15) is 0 Å². The fraction of sp³-hybridized carbons (Fsp3) is 0.875. The van der Waals surface area contributed by atoms with Crippen LogP contribution in [-0.4, -0.2) is 23.3 Å². The van der Waals surface area contributed by atoms with Gasteiger partial charge in [-0.3, -0.25) is 4.79 Å². The van der Waals surface area contributed by atoms with Crippen LogP contribution in [0, 0.1) is 0 Å². The largest absolute Gasteiger partial charge is 0.481 e. The van der Waals surface area contributed by atoms with Gasteiger partial charge < -0.3 is 9.84 Å². The summed E-state index contributed by atoms with van der Waals surface area (Å²) < 4.78 is 5.25. The van der Waals surface area contributed by atoms with E-state index < -0.39 is 5.97 Å². The lowest BCUT2D eigenvalue weighted by atomic mass is 10.4. The molecule has 0 rings (SSSR count). The first kappa shape index (κ1) is 13.1. The molecule has 0 unspecified atom stereocenters. The Bertz CT molecular complexity index is 87.5. The molecular weight excluding hydrogens is 144 g/mol. The Morgan fingerprint density at radius 2 is 1.36 bits per heavy atom. The summed E-state index contributed by atoms with van der Waals surface area (Å²) in [6.45, 7) is 9.25. The van der Waals surface area contributed by atoms with Gasteiger partial charge in [0.2, 0.25) is 0 Å². The lowest BCUT2D eigenvalue weighted by Crippen LogP contribution is -2.09. The average Bonchev–Trinajstić information content (AvgIpc) is 1.56. The van der Waals surface area contributed by atoms with Crippen LogP contribution >= 0.6 is 0 Å². The van der Waals surface area contributed by atoms with Crippen molar-refractivity contribution in [2.75, 3.05) is 0 Å². The molecule has 0 saturated heterocycles. The van der Waals surface area contributed by atoms with E-state index in [1.165, 1.54) is 0 Å². The molecule has 3 nitrogen and oxygen atoms in total. The summed E-state index contributed by atoms with van der Waals surface area (Å²) >= 11 is 0. The van der Waals surface area contributed by atoms with Gasteiger partial charge in [-0.1, -0.05) is 0 Å². The number of ether oxygens (including phenoxy) is 1. The van der Waals surface area contributed by atoms with E-state index in [1.807, 2.05) is 27.7 Å². The van der Waals surface area contributed by atoms with Crippen molar-refractivity contribution in [3.05, 3.63) is 0 Å². The van der Waals surface area contributed by atoms with Gasteiger partial charge in [0.25, 0.3) is 5.97 Å². The van der Waals surface area contributed by atoms with Crippen LogP contribution in [0.1, 0.15) is 34.6 Å². The number of hydrogen-bond donors (Lipinski definition) is 1. The van der Waals surface area contributed by atoms with Crippen molar-refractivity contribution in [2.45, 2.75) is 46.8 Å². The number of aliphatic carboxylic acids is 1. The SMILES string of the molecule is CC(=O)O.CC(C)OC(C)C. The van der Waals surface area contributed by atoms with Crippen LogP contribution in [0.5, 0.6) is 0 Å². The van der Waals surface area contributed by atoms with Crippen molar-refractivity contribution in [3.8, 4) is 0 Å². The van der Waals surface area contributed by atoms with Gasteiger partial charge >= 0.3 is 0 Å². The first-order valence-electron chi connectivity index (χ1n) is 3.71. The monoisotopic (exact) mass is 162 g/mol. The number of rotatable bonds is 2. The zero-order valence-corrected chi connectivity index (χ0v) is 7.92. The zero-order valence-electron chi connectivity index (χ0n) is 7.92. The molecule has 0 radical (unpaired) electrons.